The number of aliphatic hydroxyl groups is 1. The molecule has 0 bridgehead atoms. The standard InChI is InChI=1S/C11H20O/c1-3-5-6-8-11(7-4-2)9-10-12/h4,9,12H,2-3,5-8,10H2,1H3. The highest BCUT2D eigenvalue weighted by Gasteiger charge is 1.93. The molecule has 1 heteroatoms. The minimum absolute atomic E-state index is 0.162. The van der Waals surface area contributed by atoms with Crippen molar-refractivity contribution in [1.29, 1.82) is 0 Å². The minimum atomic E-state index is 0.162. The van der Waals surface area contributed by atoms with E-state index in [1.54, 1.807) is 0 Å². The lowest BCUT2D eigenvalue weighted by Crippen LogP contribution is -1.86. The van der Waals surface area contributed by atoms with Crippen molar-refractivity contribution in [2.24, 2.45) is 0 Å². The maximum Gasteiger partial charge on any atom is 0.0615 e. The minimum Gasteiger partial charge on any atom is -0.392 e. The first-order chi connectivity index (χ1) is 5.85. The fourth-order valence-corrected chi connectivity index (χ4v) is 1.20. The topological polar surface area (TPSA) is 20.2 Å². The van der Waals surface area contributed by atoms with Crippen molar-refractivity contribution in [3.8, 4) is 0 Å². The molecule has 0 atom stereocenters. The highest BCUT2D eigenvalue weighted by molar-refractivity contribution is 5.06. The molecule has 0 saturated heterocycles. The largest absolute Gasteiger partial charge is 0.392 e. The van der Waals surface area contributed by atoms with E-state index in [4.69, 9.17) is 5.11 Å². The average Bonchev–Trinajstić information content (AvgIpc) is 2.06. The van der Waals surface area contributed by atoms with Crippen LogP contribution >= 0.6 is 0 Å². The van der Waals surface area contributed by atoms with E-state index in [1.165, 1.54) is 24.8 Å². The molecule has 0 spiro atoms. The van der Waals surface area contributed by atoms with Gasteiger partial charge in [0.2, 0.25) is 0 Å². The number of hydrogen-bond donors (Lipinski definition) is 1. The van der Waals surface area contributed by atoms with E-state index in [9.17, 15) is 0 Å². The molecular weight excluding hydrogens is 148 g/mol. The summed E-state index contributed by atoms with van der Waals surface area (Å²) in [5.74, 6) is 0. The van der Waals surface area contributed by atoms with Gasteiger partial charge in [0.25, 0.3) is 0 Å². The lowest BCUT2D eigenvalue weighted by molar-refractivity contribution is 0.341. The van der Waals surface area contributed by atoms with Gasteiger partial charge >= 0.3 is 0 Å². The molecule has 1 N–H and O–H groups in total. The summed E-state index contributed by atoms with van der Waals surface area (Å²) in [6, 6.07) is 0. The normalized spacial score (nSPS) is 11.7. The molecule has 0 aromatic carbocycles. The fraction of sp³-hybridized carbons (Fsp3) is 0.636. The third-order valence-corrected chi connectivity index (χ3v) is 1.89. The van der Waals surface area contributed by atoms with Gasteiger partial charge in [-0.3, -0.25) is 0 Å². The van der Waals surface area contributed by atoms with Gasteiger partial charge in [0, 0.05) is 0 Å². The molecule has 0 radical (unpaired) electrons. The second-order valence-electron chi connectivity index (χ2n) is 2.99. The van der Waals surface area contributed by atoms with E-state index >= 15 is 0 Å². The van der Waals surface area contributed by atoms with Crippen LogP contribution in [0.3, 0.4) is 0 Å². The highest BCUT2D eigenvalue weighted by Crippen LogP contribution is 2.12. The molecule has 0 aromatic rings. The highest BCUT2D eigenvalue weighted by atomic mass is 16.2. The van der Waals surface area contributed by atoms with E-state index in [1.807, 2.05) is 12.2 Å². The van der Waals surface area contributed by atoms with Crippen LogP contribution in [0.5, 0.6) is 0 Å². The van der Waals surface area contributed by atoms with Crippen LogP contribution in [0.2, 0.25) is 0 Å². The van der Waals surface area contributed by atoms with Crippen LogP contribution in [0.1, 0.15) is 39.0 Å². The van der Waals surface area contributed by atoms with Crippen molar-refractivity contribution in [3.63, 3.8) is 0 Å². The first-order valence-electron chi connectivity index (χ1n) is 4.74. The molecule has 0 unspecified atom stereocenters. The van der Waals surface area contributed by atoms with Gasteiger partial charge in [-0.25, -0.2) is 0 Å². The van der Waals surface area contributed by atoms with E-state index in [0.29, 0.717) is 0 Å². The van der Waals surface area contributed by atoms with Gasteiger partial charge in [0.1, 0.15) is 0 Å². The number of allylic oxidation sites excluding steroid dienone is 2. The molecule has 0 aromatic heterocycles. The van der Waals surface area contributed by atoms with Gasteiger partial charge in [0.15, 0.2) is 0 Å². The number of unbranched alkanes of at least 4 members (excludes halogenated alkanes) is 2. The Morgan fingerprint density at radius 2 is 2.17 bits per heavy atom. The van der Waals surface area contributed by atoms with Crippen molar-refractivity contribution in [3.05, 3.63) is 24.3 Å². The molecule has 0 saturated carbocycles. The van der Waals surface area contributed by atoms with Crippen molar-refractivity contribution in [2.75, 3.05) is 6.61 Å². The first kappa shape index (κ1) is 11.4. The van der Waals surface area contributed by atoms with Gasteiger partial charge in [-0.15, -0.1) is 6.58 Å². The Kier molecular flexibility index (Phi) is 8.14. The quantitative estimate of drug-likeness (QED) is 0.457. The maximum atomic E-state index is 8.71. The van der Waals surface area contributed by atoms with Crippen LogP contribution in [0.15, 0.2) is 24.3 Å². The molecule has 1 nitrogen and oxygen atoms in total. The van der Waals surface area contributed by atoms with Gasteiger partial charge in [-0.1, -0.05) is 37.5 Å². The van der Waals surface area contributed by atoms with Crippen LogP contribution in [-0.4, -0.2) is 11.7 Å². The average molecular weight is 168 g/mol. The summed E-state index contributed by atoms with van der Waals surface area (Å²) in [5.41, 5.74) is 1.32. The lowest BCUT2D eigenvalue weighted by atomic mass is 10.0. The fourth-order valence-electron chi connectivity index (χ4n) is 1.20. The molecule has 0 fully saturated rings. The van der Waals surface area contributed by atoms with Gasteiger partial charge in [-0.2, -0.15) is 0 Å². The van der Waals surface area contributed by atoms with Crippen molar-refractivity contribution >= 4 is 0 Å². The van der Waals surface area contributed by atoms with Crippen LogP contribution in [0.25, 0.3) is 0 Å². The molecule has 70 valence electrons. The Balaban J connectivity index is 3.63. The second kappa shape index (κ2) is 8.54. The molecule has 0 amide bonds. The molecule has 0 aliphatic heterocycles. The Bertz CT molecular complexity index is 136. The molecule has 0 aliphatic carbocycles. The van der Waals surface area contributed by atoms with Crippen molar-refractivity contribution in [1.82, 2.24) is 0 Å². The van der Waals surface area contributed by atoms with Crippen molar-refractivity contribution in [2.45, 2.75) is 39.0 Å². The zero-order valence-electron chi connectivity index (χ0n) is 8.05. The zero-order chi connectivity index (χ0) is 9.23. The van der Waals surface area contributed by atoms with E-state index < -0.39 is 0 Å². The summed E-state index contributed by atoms with van der Waals surface area (Å²) in [7, 11) is 0. The Labute approximate surface area is 75.8 Å². The smallest absolute Gasteiger partial charge is 0.0615 e. The van der Waals surface area contributed by atoms with Crippen LogP contribution in [0.4, 0.5) is 0 Å². The summed E-state index contributed by atoms with van der Waals surface area (Å²) in [5, 5.41) is 8.71. The monoisotopic (exact) mass is 168 g/mol. The summed E-state index contributed by atoms with van der Waals surface area (Å²) >= 11 is 0. The Hall–Kier alpha value is -0.560. The van der Waals surface area contributed by atoms with E-state index in [0.717, 1.165) is 12.8 Å². The second-order valence-corrected chi connectivity index (χ2v) is 2.99. The van der Waals surface area contributed by atoms with Crippen LogP contribution < -0.4 is 0 Å². The summed E-state index contributed by atoms with van der Waals surface area (Å²) < 4.78 is 0. The van der Waals surface area contributed by atoms with Crippen molar-refractivity contribution < 1.29 is 5.11 Å². The van der Waals surface area contributed by atoms with E-state index in [2.05, 4.69) is 13.5 Å². The molecule has 0 rings (SSSR count). The molecule has 0 aliphatic rings. The van der Waals surface area contributed by atoms with Gasteiger partial charge in [0.05, 0.1) is 6.61 Å². The number of aliphatic hydroxyl groups excluding tert-OH is 1. The molecule has 12 heavy (non-hydrogen) atoms. The lowest BCUT2D eigenvalue weighted by Gasteiger charge is -2.02. The first-order valence-corrected chi connectivity index (χ1v) is 4.74. The number of hydrogen-bond acceptors (Lipinski definition) is 1. The SMILES string of the molecule is C=CCC(=CCO)CCCCC. The Morgan fingerprint density at radius 3 is 2.67 bits per heavy atom. The summed E-state index contributed by atoms with van der Waals surface area (Å²) in [6.07, 6.45) is 9.59. The number of rotatable bonds is 7. The van der Waals surface area contributed by atoms with Crippen LogP contribution in [0, 0.1) is 0 Å². The Morgan fingerprint density at radius 1 is 1.42 bits per heavy atom. The van der Waals surface area contributed by atoms with Gasteiger partial charge in [-0.05, 0) is 19.3 Å². The third kappa shape index (κ3) is 6.17. The maximum absolute atomic E-state index is 8.71. The third-order valence-electron chi connectivity index (χ3n) is 1.89. The van der Waals surface area contributed by atoms with Crippen LogP contribution in [-0.2, 0) is 0 Å². The molecule has 0 heterocycles. The van der Waals surface area contributed by atoms with Gasteiger partial charge < -0.3 is 5.11 Å². The summed E-state index contributed by atoms with van der Waals surface area (Å²) in [4.78, 5) is 0. The predicted molar refractivity (Wildman–Crippen MR) is 54.1 cm³/mol. The summed E-state index contributed by atoms with van der Waals surface area (Å²) in [6.45, 7) is 6.05. The predicted octanol–water partition coefficient (Wildman–Crippen LogP) is 3.06. The zero-order valence-corrected chi connectivity index (χ0v) is 8.05. The van der Waals surface area contributed by atoms with E-state index in [-0.39, 0.29) is 6.61 Å². The molecular formula is C11H20O.